The summed E-state index contributed by atoms with van der Waals surface area (Å²) >= 11 is 3.19. The van der Waals surface area contributed by atoms with Gasteiger partial charge in [-0.2, -0.15) is 0 Å². The molecular formula is C13H18BrNO4S. The van der Waals surface area contributed by atoms with Gasteiger partial charge in [0.1, 0.15) is 0 Å². The van der Waals surface area contributed by atoms with Gasteiger partial charge >= 0.3 is 5.97 Å². The van der Waals surface area contributed by atoms with Crippen molar-refractivity contribution in [2.45, 2.75) is 31.6 Å². The van der Waals surface area contributed by atoms with E-state index >= 15 is 0 Å². The Bertz CT molecular complexity index is 584. The van der Waals surface area contributed by atoms with Gasteiger partial charge in [0, 0.05) is 4.47 Å². The number of esters is 1. The molecule has 0 radical (unpaired) electrons. The Morgan fingerprint density at radius 1 is 1.40 bits per heavy atom. The highest BCUT2D eigenvalue weighted by Gasteiger charge is 2.16. The van der Waals surface area contributed by atoms with Crippen LogP contribution in [0.3, 0.4) is 0 Å². The van der Waals surface area contributed by atoms with E-state index in [2.05, 4.69) is 29.8 Å². The number of nitrogens with two attached hydrogens (primary N) is 1. The molecule has 0 unspecified atom stereocenters. The van der Waals surface area contributed by atoms with Gasteiger partial charge in [-0.3, -0.25) is 0 Å². The summed E-state index contributed by atoms with van der Waals surface area (Å²) in [7, 11) is -3.84. The molecule has 20 heavy (non-hydrogen) atoms. The first-order valence-corrected chi connectivity index (χ1v) is 8.55. The van der Waals surface area contributed by atoms with Gasteiger partial charge in [-0.05, 0) is 52.9 Å². The van der Waals surface area contributed by atoms with E-state index in [1.54, 1.807) is 0 Å². The second kappa shape index (κ2) is 7.19. The minimum atomic E-state index is -3.84. The number of ether oxygens (including phenoxy) is 1. The summed E-state index contributed by atoms with van der Waals surface area (Å²) in [5, 5.41) is 5.04. The third-order valence-corrected chi connectivity index (χ3v) is 4.25. The highest BCUT2D eigenvalue weighted by molar-refractivity contribution is 9.10. The van der Waals surface area contributed by atoms with E-state index in [0.29, 0.717) is 17.0 Å². The number of hydrogen-bond acceptors (Lipinski definition) is 4. The fraction of sp³-hybridized carbons (Fsp3) is 0.462. The molecule has 1 aromatic carbocycles. The molecule has 0 aromatic heterocycles. The Balaban J connectivity index is 2.77. The van der Waals surface area contributed by atoms with Crippen molar-refractivity contribution in [2.24, 2.45) is 11.1 Å². The minimum absolute atomic E-state index is 0.116. The van der Waals surface area contributed by atoms with Crippen molar-refractivity contribution in [1.82, 2.24) is 0 Å². The quantitative estimate of drug-likeness (QED) is 0.621. The number of sulfonamides is 1. The van der Waals surface area contributed by atoms with Crippen molar-refractivity contribution in [2.75, 3.05) is 6.61 Å². The molecule has 0 fully saturated rings. The van der Waals surface area contributed by atoms with Gasteiger partial charge in [0.25, 0.3) is 0 Å². The molecule has 1 rings (SSSR count). The van der Waals surface area contributed by atoms with Crippen LogP contribution in [0, 0.1) is 5.92 Å². The Morgan fingerprint density at radius 3 is 2.60 bits per heavy atom. The molecule has 0 saturated heterocycles. The van der Waals surface area contributed by atoms with Gasteiger partial charge in [-0.25, -0.2) is 18.4 Å². The molecule has 0 aliphatic rings. The van der Waals surface area contributed by atoms with E-state index in [4.69, 9.17) is 9.88 Å². The van der Waals surface area contributed by atoms with Crippen molar-refractivity contribution in [1.29, 1.82) is 0 Å². The van der Waals surface area contributed by atoms with E-state index in [1.165, 1.54) is 18.2 Å². The normalized spacial score (nSPS) is 11.7. The summed E-state index contributed by atoms with van der Waals surface area (Å²) in [5.74, 6) is -0.0164. The third-order valence-electron chi connectivity index (χ3n) is 2.65. The molecule has 0 atom stereocenters. The van der Waals surface area contributed by atoms with E-state index in [-0.39, 0.29) is 10.5 Å². The zero-order valence-corrected chi connectivity index (χ0v) is 13.8. The summed E-state index contributed by atoms with van der Waals surface area (Å²) < 4.78 is 28.1. The van der Waals surface area contributed by atoms with E-state index < -0.39 is 16.0 Å². The maximum Gasteiger partial charge on any atom is 0.339 e. The van der Waals surface area contributed by atoms with E-state index in [1.807, 2.05) is 0 Å². The second-order valence-electron chi connectivity index (χ2n) is 4.86. The molecule has 0 heterocycles. The van der Waals surface area contributed by atoms with Crippen LogP contribution in [-0.4, -0.2) is 21.0 Å². The zero-order valence-electron chi connectivity index (χ0n) is 11.4. The predicted octanol–water partition coefficient (Wildman–Crippen LogP) is 2.69. The van der Waals surface area contributed by atoms with Gasteiger partial charge in [-0.1, -0.05) is 13.8 Å². The highest BCUT2D eigenvalue weighted by Crippen LogP contribution is 2.21. The third kappa shape index (κ3) is 5.22. The molecule has 112 valence electrons. The smallest absolute Gasteiger partial charge is 0.339 e. The van der Waals surface area contributed by atoms with Crippen LogP contribution in [0.15, 0.2) is 27.6 Å². The first-order valence-electron chi connectivity index (χ1n) is 6.21. The summed E-state index contributed by atoms with van der Waals surface area (Å²) in [6, 6.07) is 4.00. The van der Waals surface area contributed by atoms with Crippen LogP contribution in [0.4, 0.5) is 0 Å². The molecule has 0 aliphatic heterocycles. The lowest BCUT2D eigenvalue weighted by Gasteiger charge is -2.08. The Hall–Kier alpha value is -0.920. The van der Waals surface area contributed by atoms with Gasteiger partial charge in [0.15, 0.2) is 0 Å². The number of rotatable bonds is 6. The Labute approximate surface area is 127 Å². The van der Waals surface area contributed by atoms with Crippen LogP contribution in [0.1, 0.15) is 37.0 Å². The van der Waals surface area contributed by atoms with Gasteiger partial charge in [-0.15, -0.1) is 0 Å². The van der Waals surface area contributed by atoms with Crippen LogP contribution in [0.2, 0.25) is 0 Å². The zero-order chi connectivity index (χ0) is 15.3. The first-order chi connectivity index (χ1) is 9.21. The largest absolute Gasteiger partial charge is 0.462 e. The van der Waals surface area contributed by atoms with Gasteiger partial charge in [0.2, 0.25) is 10.0 Å². The van der Waals surface area contributed by atoms with Crippen LogP contribution in [0.5, 0.6) is 0 Å². The SMILES string of the molecule is CC(C)CCCOC(=O)c1cc(S(N)(=O)=O)ccc1Br. The van der Waals surface area contributed by atoms with Crippen LogP contribution >= 0.6 is 15.9 Å². The topological polar surface area (TPSA) is 86.5 Å². The minimum Gasteiger partial charge on any atom is -0.462 e. The van der Waals surface area contributed by atoms with Crippen LogP contribution in [0.25, 0.3) is 0 Å². The maximum atomic E-state index is 11.9. The molecule has 0 aliphatic carbocycles. The molecule has 1 aromatic rings. The van der Waals surface area contributed by atoms with Crippen molar-refractivity contribution in [3.8, 4) is 0 Å². The molecule has 0 saturated carbocycles. The van der Waals surface area contributed by atoms with Crippen molar-refractivity contribution in [3.05, 3.63) is 28.2 Å². The average Bonchev–Trinajstić information content (AvgIpc) is 2.33. The van der Waals surface area contributed by atoms with Crippen LogP contribution in [-0.2, 0) is 14.8 Å². The molecule has 0 bridgehead atoms. The lowest BCUT2D eigenvalue weighted by molar-refractivity contribution is 0.0493. The molecule has 7 heteroatoms. The van der Waals surface area contributed by atoms with Crippen molar-refractivity contribution >= 4 is 31.9 Å². The number of hydrogen-bond donors (Lipinski definition) is 1. The number of carbonyl (C=O) groups is 1. The monoisotopic (exact) mass is 363 g/mol. The molecule has 5 nitrogen and oxygen atoms in total. The highest BCUT2D eigenvalue weighted by atomic mass is 79.9. The molecular weight excluding hydrogens is 346 g/mol. The first kappa shape index (κ1) is 17.1. The van der Waals surface area contributed by atoms with Crippen molar-refractivity contribution < 1.29 is 17.9 Å². The fourth-order valence-electron chi connectivity index (χ4n) is 1.57. The Morgan fingerprint density at radius 2 is 2.05 bits per heavy atom. The number of benzene rings is 1. The maximum absolute atomic E-state index is 11.9. The second-order valence-corrected chi connectivity index (χ2v) is 7.27. The van der Waals surface area contributed by atoms with Gasteiger partial charge in [0.05, 0.1) is 17.1 Å². The number of halogens is 1. The molecule has 2 N–H and O–H groups in total. The van der Waals surface area contributed by atoms with E-state index in [9.17, 15) is 13.2 Å². The summed E-state index contributed by atoms with van der Waals surface area (Å²) in [5.41, 5.74) is 0.154. The number of carbonyl (C=O) groups excluding carboxylic acids is 1. The average molecular weight is 364 g/mol. The van der Waals surface area contributed by atoms with Crippen LogP contribution < -0.4 is 5.14 Å². The summed E-state index contributed by atoms with van der Waals surface area (Å²) in [6.07, 6.45) is 1.74. The lowest BCUT2D eigenvalue weighted by atomic mass is 10.1. The predicted molar refractivity (Wildman–Crippen MR) is 79.9 cm³/mol. The van der Waals surface area contributed by atoms with E-state index in [0.717, 1.165) is 12.8 Å². The summed E-state index contributed by atoms with van der Waals surface area (Å²) in [6.45, 7) is 4.49. The lowest BCUT2D eigenvalue weighted by Crippen LogP contribution is -2.14. The molecule has 0 amide bonds. The van der Waals surface area contributed by atoms with Crippen molar-refractivity contribution in [3.63, 3.8) is 0 Å². The molecule has 0 spiro atoms. The van der Waals surface area contributed by atoms with Gasteiger partial charge < -0.3 is 4.74 Å². The summed E-state index contributed by atoms with van der Waals surface area (Å²) in [4.78, 5) is 11.8. The number of primary sulfonamides is 1. The fourth-order valence-corrected chi connectivity index (χ4v) is 2.52. The standard InChI is InChI=1S/C13H18BrNO4S/c1-9(2)4-3-7-19-13(16)11-8-10(20(15,17)18)5-6-12(11)14/h5-6,8-9H,3-4,7H2,1-2H3,(H2,15,17,18). The Kier molecular flexibility index (Phi) is 6.16.